The van der Waals surface area contributed by atoms with Crippen LogP contribution in [-0.4, -0.2) is 11.3 Å². The number of H-pyrrole nitrogens is 1. The third-order valence-corrected chi connectivity index (χ3v) is 2.85. The zero-order valence-corrected chi connectivity index (χ0v) is 9.29. The molecule has 0 amide bonds. The standard InChI is InChI=1S/C13H15NO/c1-8(2)11-6-9(3)13-10(4-5-14-13)12(11)7-15/h4-8,14H,1-3H3. The summed E-state index contributed by atoms with van der Waals surface area (Å²) in [7, 11) is 0. The number of aromatic amines is 1. The van der Waals surface area contributed by atoms with Gasteiger partial charge in [0.1, 0.15) is 0 Å². The molecule has 2 heteroatoms. The summed E-state index contributed by atoms with van der Waals surface area (Å²) in [5.74, 6) is 0.378. The van der Waals surface area contributed by atoms with Gasteiger partial charge in [0.25, 0.3) is 0 Å². The molecule has 0 bridgehead atoms. The monoisotopic (exact) mass is 201 g/mol. The van der Waals surface area contributed by atoms with Gasteiger partial charge < -0.3 is 4.98 Å². The summed E-state index contributed by atoms with van der Waals surface area (Å²) in [4.78, 5) is 14.3. The van der Waals surface area contributed by atoms with Crippen LogP contribution in [0.3, 0.4) is 0 Å². The van der Waals surface area contributed by atoms with Crippen molar-refractivity contribution in [1.29, 1.82) is 0 Å². The highest BCUT2D eigenvalue weighted by atomic mass is 16.1. The first-order valence-corrected chi connectivity index (χ1v) is 5.21. The van der Waals surface area contributed by atoms with Gasteiger partial charge in [0.2, 0.25) is 0 Å². The summed E-state index contributed by atoms with van der Waals surface area (Å²) in [6.45, 7) is 6.29. The molecule has 2 rings (SSSR count). The van der Waals surface area contributed by atoms with Gasteiger partial charge in [-0.15, -0.1) is 0 Å². The molecule has 0 aliphatic heterocycles. The molecule has 0 aliphatic carbocycles. The first-order valence-electron chi connectivity index (χ1n) is 5.21. The first kappa shape index (κ1) is 9.97. The van der Waals surface area contributed by atoms with E-state index in [2.05, 4.69) is 31.8 Å². The molecule has 15 heavy (non-hydrogen) atoms. The summed E-state index contributed by atoms with van der Waals surface area (Å²) in [5.41, 5.74) is 4.23. The minimum atomic E-state index is 0.378. The fourth-order valence-electron chi connectivity index (χ4n) is 2.07. The van der Waals surface area contributed by atoms with Crippen molar-refractivity contribution in [2.45, 2.75) is 26.7 Å². The lowest BCUT2D eigenvalue weighted by atomic mass is 9.93. The Labute approximate surface area is 89.3 Å². The van der Waals surface area contributed by atoms with Gasteiger partial charge >= 0.3 is 0 Å². The van der Waals surface area contributed by atoms with Crippen LogP contribution in [0.25, 0.3) is 10.9 Å². The van der Waals surface area contributed by atoms with E-state index in [-0.39, 0.29) is 0 Å². The number of aromatic nitrogens is 1. The Hall–Kier alpha value is -1.57. The summed E-state index contributed by atoms with van der Waals surface area (Å²) < 4.78 is 0. The number of nitrogens with one attached hydrogen (secondary N) is 1. The highest BCUT2D eigenvalue weighted by Crippen LogP contribution is 2.28. The molecular weight excluding hydrogens is 186 g/mol. The smallest absolute Gasteiger partial charge is 0.151 e. The van der Waals surface area contributed by atoms with Crippen molar-refractivity contribution >= 4 is 17.2 Å². The van der Waals surface area contributed by atoms with E-state index in [1.54, 1.807) is 0 Å². The number of aryl methyl sites for hydroxylation is 1. The molecule has 2 nitrogen and oxygen atoms in total. The van der Waals surface area contributed by atoms with Gasteiger partial charge in [-0.3, -0.25) is 4.79 Å². The van der Waals surface area contributed by atoms with Crippen LogP contribution in [0, 0.1) is 6.92 Å². The second-order valence-corrected chi connectivity index (χ2v) is 4.24. The molecular formula is C13H15NO. The molecule has 0 fully saturated rings. The van der Waals surface area contributed by atoms with Crippen molar-refractivity contribution in [3.8, 4) is 0 Å². The van der Waals surface area contributed by atoms with Crippen LogP contribution < -0.4 is 0 Å². The van der Waals surface area contributed by atoms with E-state index in [0.29, 0.717) is 5.92 Å². The average Bonchev–Trinajstić information content (AvgIpc) is 2.66. The molecule has 0 aliphatic rings. The molecule has 78 valence electrons. The van der Waals surface area contributed by atoms with E-state index in [4.69, 9.17) is 0 Å². The van der Waals surface area contributed by atoms with Gasteiger partial charge in [-0.2, -0.15) is 0 Å². The van der Waals surface area contributed by atoms with E-state index >= 15 is 0 Å². The zero-order chi connectivity index (χ0) is 11.0. The highest BCUT2D eigenvalue weighted by Gasteiger charge is 2.12. The van der Waals surface area contributed by atoms with Crippen molar-refractivity contribution in [2.75, 3.05) is 0 Å². The lowest BCUT2D eigenvalue weighted by Gasteiger charge is -2.11. The fraction of sp³-hybridized carbons (Fsp3) is 0.308. The van der Waals surface area contributed by atoms with E-state index in [9.17, 15) is 4.79 Å². The van der Waals surface area contributed by atoms with Gasteiger partial charge in [-0.25, -0.2) is 0 Å². The van der Waals surface area contributed by atoms with Crippen LogP contribution in [0.5, 0.6) is 0 Å². The van der Waals surface area contributed by atoms with Crippen LogP contribution in [0.15, 0.2) is 18.3 Å². The Morgan fingerprint density at radius 3 is 2.73 bits per heavy atom. The molecule has 1 N–H and O–H groups in total. The Balaban J connectivity index is 2.86. The Morgan fingerprint density at radius 1 is 1.40 bits per heavy atom. The van der Waals surface area contributed by atoms with Crippen LogP contribution in [0.4, 0.5) is 0 Å². The highest BCUT2D eigenvalue weighted by molar-refractivity contribution is 5.99. The lowest BCUT2D eigenvalue weighted by molar-refractivity contribution is 0.112. The third kappa shape index (κ3) is 1.46. The van der Waals surface area contributed by atoms with Gasteiger partial charge in [-0.1, -0.05) is 19.9 Å². The maximum atomic E-state index is 11.1. The Morgan fingerprint density at radius 2 is 2.13 bits per heavy atom. The number of benzene rings is 1. The molecule has 0 atom stereocenters. The van der Waals surface area contributed by atoms with Gasteiger partial charge in [0, 0.05) is 22.7 Å². The van der Waals surface area contributed by atoms with Crippen molar-refractivity contribution in [2.24, 2.45) is 0 Å². The molecule has 1 aromatic heterocycles. The number of carbonyl (C=O) groups is 1. The number of fused-ring (bicyclic) bond motifs is 1. The number of hydrogen-bond donors (Lipinski definition) is 1. The number of aldehydes is 1. The Kier molecular flexibility index (Phi) is 2.35. The topological polar surface area (TPSA) is 32.9 Å². The van der Waals surface area contributed by atoms with Gasteiger partial charge in [-0.05, 0) is 30.0 Å². The predicted molar refractivity (Wildman–Crippen MR) is 62.5 cm³/mol. The van der Waals surface area contributed by atoms with Crippen LogP contribution in [-0.2, 0) is 0 Å². The van der Waals surface area contributed by atoms with E-state index in [0.717, 1.165) is 28.3 Å². The number of hydrogen-bond acceptors (Lipinski definition) is 1. The normalized spacial score (nSPS) is 11.2. The molecule has 0 radical (unpaired) electrons. The van der Waals surface area contributed by atoms with Crippen LogP contribution >= 0.6 is 0 Å². The maximum absolute atomic E-state index is 11.1. The molecule has 0 spiro atoms. The minimum Gasteiger partial charge on any atom is -0.361 e. The second-order valence-electron chi connectivity index (χ2n) is 4.24. The second kappa shape index (κ2) is 3.54. The predicted octanol–water partition coefficient (Wildman–Crippen LogP) is 3.41. The quantitative estimate of drug-likeness (QED) is 0.742. The van der Waals surface area contributed by atoms with E-state index in [1.165, 1.54) is 5.56 Å². The third-order valence-electron chi connectivity index (χ3n) is 2.85. The molecule has 0 saturated carbocycles. The number of carbonyl (C=O) groups excluding carboxylic acids is 1. The van der Waals surface area contributed by atoms with Gasteiger partial charge in [0.15, 0.2) is 6.29 Å². The largest absolute Gasteiger partial charge is 0.361 e. The summed E-state index contributed by atoms with van der Waals surface area (Å²) in [6, 6.07) is 4.07. The van der Waals surface area contributed by atoms with Crippen molar-refractivity contribution in [1.82, 2.24) is 4.98 Å². The molecule has 0 unspecified atom stereocenters. The van der Waals surface area contributed by atoms with Gasteiger partial charge in [0.05, 0.1) is 0 Å². The summed E-state index contributed by atoms with van der Waals surface area (Å²) in [6.07, 6.45) is 2.85. The fourth-order valence-corrected chi connectivity index (χ4v) is 2.07. The van der Waals surface area contributed by atoms with E-state index in [1.807, 2.05) is 12.3 Å². The number of rotatable bonds is 2. The molecule has 1 aromatic carbocycles. The van der Waals surface area contributed by atoms with Crippen molar-refractivity contribution in [3.05, 3.63) is 35.0 Å². The molecule has 1 heterocycles. The summed E-state index contributed by atoms with van der Waals surface area (Å²) >= 11 is 0. The SMILES string of the molecule is Cc1cc(C(C)C)c(C=O)c2cc[nH]c12. The van der Waals surface area contributed by atoms with Crippen molar-refractivity contribution in [3.63, 3.8) is 0 Å². The van der Waals surface area contributed by atoms with Crippen molar-refractivity contribution < 1.29 is 4.79 Å². The zero-order valence-electron chi connectivity index (χ0n) is 9.29. The lowest BCUT2D eigenvalue weighted by Crippen LogP contribution is -1.97. The van der Waals surface area contributed by atoms with Crippen LogP contribution in [0.2, 0.25) is 0 Å². The van der Waals surface area contributed by atoms with Crippen LogP contribution in [0.1, 0.15) is 41.3 Å². The van der Waals surface area contributed by atoms with E-state index < -0.39 is 0 Å². The Bertz CT molecular complexity index is 508. The molecule has 2 aromatic rings. The average molecular weight is 201 g/mol. The molecule has 0 saturated heterocycles. The maximum Gasteiger partial charge on any atom is 0.151 e. The first-order chi connectivity index (χ1) is 7.15. The summed E-state index contributed by atoms with van der Waals surface area (Å²) in [5, 5.41) is 1.04. The minimum absolute atomic E-state index is 0.378.